The Labute approximate surface area is 227 Å². The van der Waals surface area contributed by atoms with Crippen LogP contribution in [0.1, 0.15) is 45.4 Å². The Morgan fingerprint density at radius 1 is 0.974 bits per heavy atom. The zero-order chi connectivity index (χ0) is 27.2. The van der Waals surface area contributed by atoms with Crippen LogP contribution >= 0.6 is 0 Å². The van der Waals surface area contributed by atoms with Gasteiger partial charge in [0.2, 0.25) is 5.78 Å². The van der Waals surface area contributed by atoms with E-state index >= 15 is 0 Å². The van der Waals surface area contributed by atoms with E-state index in [1.54, 1.807) is 4.68 Å². The molecular weight excluding hydrogens is 488 g/mol. The second kappa shape index (κ2) is 9.43. The van der Waals surface area contributed by atoms with Crippen molar-refractivity contribution in [3.8, 4) is 28.4 Å². The molecule has 3 aromatic heterocycles. The van der Waals surface area contributed by atoms with Gasteiger partial charge < -0.3 is 10.1 Å². The molecule has 5 aromatic rings. The molecule has 39 heavy (non-hydrogen) atoms. The predicted molar refractivity (Wildman–Crippen MR) is 151 cm³/mol. The lowest BCUT2D eigenvalue weighted by molar-refractivity contribution is 0.297. The second-order valence-corrected chi connectivity index (χ2v) is 11.3. The van der Waals surface area contributed by atoms with Crippen molar-refractivity contribution < 1.29 is 4.74 Å². The van der Waals surface area contributed by atoms with Gasteiger partial charge in [0.25, 0.3) is 0 Å². The highest BCUT2D eigenvalue weighted by Gasteiger charge is 2.33. The normalized spacial score (nSPS) is 16.3. The fourth-order valence-electron chi connectivity index (χ4n) is 5.46. The van der Waals surface area contributed by atoms with Gasteiger partial charge in [-0.25, -0.2) is 14.6 Å². The molecular formula is C30H32N8O. The van der Waals surface area contributed by atoms with Gasteiger partial charge in [-0.2, -0.15) is 0 Å². The van der Waals surface area contributed by atoms with Crippen LogP contribution in [0.25, 0.3) is 34.0 Å². The SMILES string of the molecule is Cn1nnnc1-c1ccc(-c2cn3ccc(C4=CC(C)(C)NC(C)(C)C4)nc3n2)c(OCc2ccccc2)c1. The molecule has 0 bridgehead atoms. The molecule has 0 aliphatic carbocycles. The average Bonchev–Trinajstić information content (AvgIpc) is 3.51. The molecule has 0 saturated heterocycles. The van der Waals surface area contributed by atoms with Gasteiger partial charge in [0.05, 0.1) is 11.4 Å². The number of fused-ring (bicyclic) bond motifs is 1. The summed E-state index contributed by atoms with van der Waals surface area (Å²) in [5, 5.41) is 15.6. The number of nitrogens with one attached hydrogen (secondary N) is 1. The highest BCUT2D eigenvalue weighted by atomic mass is 16.5. The molecule has 4 heterocycles. The highest BCUT2D eigenvalue weighted by Crippen LogP contribution is 2.35. The lowest BCUT2D eigenvalue weighted by atomic mass is 9.82. The van der Waals surface area contributed by atoms with Crippen LogP contribution in [0.4, 0.5) is 0 Å². The lowest BCUT2D eigenvalue weighted by Gasteiger charge is -2.41. The summed E-state index contributed by atoms with van der Waals surface area (Å²) in [5.41, 5.74) is 5.64. The van der Waals surface area contributed by atoms with Gasteiger partial charge in [-0.3, -0.25) is 4.40 Å². The quantitative estimate of drug-likeness (QED) is 0.333. The molecule has 1 N–H and O–H groups in total. The molecule has 6 rings (SSSR count). The first-order valence-corrected chi connectivity index (χ1v) is 13.1. The highest BCUT2D eigenvalue weighted by molar-refractivity contribution is 5.74. The van der Waals surface area contributed by atoms with Gasteiger partial charge >= 0.3 is 0 Å². The van der Waals surface area contributed by atoms with Crippen molar-refractivity contribution in [1.29, 1.82) is 0 Å². The molecule has 0 atom stereocenters. The van der Waals surface area contributed by atoms with Crippen molar-refractivity contribution in [2.75, 3.05) is 0 Å². The van der Waals surface area contributed by atoms with Gasteiger partial charge in [-0.1, -0.05) is 42.5 Å². The molecule has 0 saturated carbocycles. The number of hydrogen-bond acceptors (Lipinski definition) is 7. The van der Waals surface area contributed by atoms with E-state index in [9.17, 15) is 0 Å². The number of aryl methyl sites for hydroxylation is 1. The maximum absolute atomic E-state index is 6.35. The summed E-state index contributed by atoms with van der Waals surface area (Å²) in [4.78, 5) is 9.87. The summed E-state index contributed by atoms with van der Waals surface area (Å²) < 4.78 is 9.95. The van der Waals surface area contributed by atoms with Crippen LogP contribution in [0.2, 0.25) is 0 Å². The summed E-state index contributed by atoms with van der Waals surface area (Å²) in [7, 11) is 1.82. The third-order valence-electron chi connectivity index (χ3n) is 6.86. The molecule has 0 radical (unpaired) electrons. The van der Waals surface area contributed by atoms with Crippen LogP contribution in [0.3, 0.4) is 0 Å². The Kier molecular flexibility index (Phi) is 6.03. The van der Waals surface area contributed by atoms with Crippen LogP contribution < -0.4 is 10.1 Å². The number of ether oxygens (including phenoxy) is 1. The van der Waals surface area contributed by atoms with Crippen molar-refractivity contribution >= 4 is 11.4 Å². The lowest BCUT2D eigenvalue weighted by Crippen LogP contribution is -2.53. The number of imidazole rings is 1. The number of tetrazole rings is 1. The van der Waals surface area contributed by atoms with E-state index in [0.29, 0.717) is 24.0 Å². The molecule has 0 spiro atoms. The van der Waals surface area contributed by atoms with Crippen LogP contribution in [0.5, 0.6) is 5.75 Å². The van der Waals surface area contributed by atoms with E-state index in [4.69, 9.17) is 14.7 Å². The number of rotatable bonds is 6. The molecule has 9 heteroatoms. The van der Waals surface area contributed by atoms with Gasteiger partial charge in [0, 0.05) is 41.6 Å². The summed E-state index contributed by atoms with van der Waals surface area (Å²) in [5.74, 6) is 2.01. The van der Waals surface area contributed by atoms with Gasteiger partial charge in [-0.15, -0.1) is 5.10 Å². The Bertz CT molecular complexity index is 1680. The molecule has 1 aliphatic heterocycles. The third kappa shape index (κ3) is 5.18. The van der Waals surface area contributed by atoms with Gasteiger partial charge in [0.15, 0.2) is 5.82 Å². The van der Waals surface area contributed by atoms with E-state index in [1.165, 1.54) is 5.57 Å². The van der Waals surface area contributed by atoms with E-state index in [-0.39, 0.29) is 11.1 Å². The van der Waals surface area contributed by atoms with Crippen LogP contribution in [-0.4, -0.2) is 45.7 Å². The van der Waals surface area contributed by atoms with E-state index in [0.717, 1.165) is 34.5 Å². The molecule has 0 unspecified atom stereocenters. The number of benzene rings is 2. The summed E-state index contributed by atoms with van der Waals surface area (Å²) in [6.45, 7) is 9.27. The van der Waals surface area contributed by atoms with E-state index in [1.807, 2.05) is 72.4 Å². The molecule has 9 nitrogen and oxygen atoms in total. The predicted octanol–water partition coefficient (Wildman–Crippen LogP) is 5.10. The summed E-state index contributed by atoms with van der Waals surface area (Å²) in [6, 6.07) is 18.1. The maximum atomic E-state index is 6.35. The van der Waals surface area contributed by atoms with Crippen LogP contribution in [-0.2, 0) is 13.7 Å². The Morgan fingerprint density at radius 2 is 1.77 bits per heavy atom. The minimum Gasteiger partial charge on any atom is -0.488 e. The van der Waals surface area contributed by atoms with Gasteiger partial charge in [-0.05, 0) is 73.9 Å². The standard InChI is InChI=1S/C30H32N8O/c1-29(2)16-22(17-30(3,4)34-29)24-13-14-38-18-25(32-28(38)31-24)23-12-11-21(27-33-35-36-37(27)5)15-26(23)39-19-20-9-7-6-8-10-20/h6-16,18,34H,17,19H2,1-5H3. The number of hydrogen-bond donors (Lipinski definition) is 1. The first kappa shape index (κ1) is 24.9. The van der Waals surface area contributed by atoms with Crippen molar-refractivity contribution in [3.05, 3.63) is 84.3 Å². The summed E-state index contributed by atoms with van der Waals surface area (Å²) in [6.07, 6.45) is 7.19. The largest absolute Gasteiger partial charge is 0.488 e. The van der Waals surface area contributed by atoms with Gasteiger partial charge in [0.1, 0.15) is 12.4 Å². The zero-order valence-electron chi connectivity index (χ0n) is 22.9. The average molecular weight is 521 g/mol. The topological polar surface area (TPSA) is 95.1 Å². The molecule has 2 aromatic carbocycles. The first-order valence-electron chi connectivity index (χ1n) is 13.1. The van der Waals surface area contributed by atoms with Crippen molar-refractivity contribution in [2.24, 2.45) is 7.05 Å². The third-order valence-corrected chi connectivity index (χ3v) is 6.86. The number of aromatic nitrogens is 7. The monoisotopic (exact) mass is 520 g/mol. The van der Waals surface area contributed by atoms with E-state index < -0.39 is 0 Å². The molecule has 0 fully saturated rings. The summed E-state index contributed by atoms with van der Waals surface area (Å²) >= 11 is 0. The van der Waals surface area contributed by atoms with Crippen molar-refractivity contribution in [2.45, 2.75) is 51.8 Å². The van der Waals surface area contributed by atoms with Crippen molar-refractivity contribution in [1.82, 2.24) is 39.9 Å². The zero-order valence-corrected chi connectivity index (χ0v) is 22.9. The smallest absolute Gasteiger partial charge is 0.234 e. The molecule has 198 valence electrons. The molecule has 1 aliphatic rings. The minimum atomic E-state index is -0.115. The fourth-order valence-corrected chi connectivity index (χ4v) is 5.46. The minimum absolute atomic E-state index is 0.0209. The van der Waals surface area contributed by atoms with E-state index in [2.05, 4.69) is 60.7 Å². The van der Waals surface area contributed by atoms with Crippen LogP contribution in [0.15, 0.2) is 73.1 Å². The fraction of sp³-hybridized carbons (Fsp3) is 0.300. The second-order valence-electron chi connectivity index (χ2n) is 11.3. The molecule has 0 amide bonds. The Hall–Kier alpha value is -4.37. The Morgan fingerprint density at radius 3 is 2.51 bits per heavy atom. The first-order chi connectivity index (χ1) is 18.7. The Balaban J connectivity index is 1.38. The maximum Gasteiger partial charge on any atom is 0.234 e. The van der Waals surface area contributed by atoms with Crippen molar-refractivity contribution in [3.63, 3.8) is 0 Å². The number of nitrogens with zero attached hydrogens (tertiary/aromatic N) is 7. The van der Waals surface area contributed by atoms with Crippen LogP contribution in [0, 0.1) is 0 Å².